The third kappa shape index (κ3) is 4.75. The first-order valence-electron chi connectivity index (χ1n) is 10.3. The highest BCUT2D eigenvalue weighted by Gasteiger charge is 2.52. The Labute approximate surface area is 189 Å². The van der Waals surface area contributed by atoms with Gasteiger partial charge in [0.15, 0.2) is 0 Å². The van der Waals surface area contributed by atoms with Crippen molar-refractivity contribution in [2.24, 2.45) is 5.41 Å². The molecule has 1 aliphatic heterocycles. The Morgan fingerprint density at radius 2 is 1.81 bits per heavy atom. The maximum Gasteiger partial charge on any atom is 0.410 e. The smallest absolute Gasteiger partial charge is 0.410 e. The van der Waals surface area contributed by atoms with E-state index < -0.39 is 11.6 Å². The van der Waals surface area contributed by atoms with Gasteiger partial charge in [-0.1, -0.05) is 30.3 Å². The van der Waals surface area contributed by atoms with Crippen LogP contribution in [0.3, 0.4) is 0 Å². The highest BCUT2D eigenvalue weighted by Crippen LogP contribution is 2.52. The molecule has 0 bridgehead atoms. The molecule has 1 aromatic carbocycles. The van der Waals surface area contributed by atoms with Gasteiger partial charge in [0.05, 0.1) is 5.60 Å². The summed E-state index contributed by atoms with van der Waals surface area (Å²) < 4.78 is 12.2. The van der Waals surface area contributed by atoms with Crippen LogP contribution in [0.2, 0.25) is 0 Å². The lowest BCUT2D eigenvalue weighted by atomic mass is 9.63. The van der Waals surface area contributed by atoms with E-state index in [2.05, 4.69) is 20.9 Å². The van der Waals surface area contributed by atoms with Gasteiger partial charge in [0.2, 0.25) is 0 Å². The largest absolute Gasteiger partial charge is 0.480 e. The fourth-order valence-electron chi connectivity index (χ4n) is 4.64. The Morgan fingerprint density at radius 1 is 1.10 bits per heavy atom. The lowest BCUT2D eigenvalue weighted by Gasteiger charge is -2.55. The number of amides is 1. The van der Waals surface area contributed by atoms with Gasteiger partial charge in [0.25, 0.3) is 0 Å². The number of rotatable bonds is 6. The molecule has 1 saturated heterocycles. The van der Waals surface area contributed by atoms with Crippen LogP contribution in [0.15, 0.2) is 53.3 Å². The van der Waals surface area contributed by atoms with E-state index >= 15 is 0 Å². The molecule has 7 nitrogen and oxygen atoms in total. The van der Waals surface area contributed by atoms with E-state index in [0.29, 0.717) is 25.9 Å². The van der Waals surface area contributed by atoms with E-state index in [9.17, 15) is 9.59 Å². The van der Waals surface area contributed by atoms with Crippen molar-refractivity contribution in [2.75, 3.05) is 19.7 Å². The van der Waals surface area contributed by atoms with Gasteiger partial charge < -0.3 is 19.5 Å². The highest BCUT2D eigenvalue weighted by atomic mass is 79.9. The summed E-state index contributed by atoms with van der Waals surface area (Å²) in [4.78, 5) is 29.4. The number of likely N-dealkylation sites (tertiary alicyclic amines) is 1. The van der Waals surface area contributed by atoms with E-state index in [1.807, 2.05) is 36.4 Å². The number of nitrogens with zero attached hydrogens (tertiary/aromatic N) is 2. The fraction of sp³-hybridized carbons (Fsp3) is 0.435. The van der Waals surface area contributed by atoms with Crippen molar-refractivity contribution in [1.29, 1.82) is 0 Å². The minimum Gasteiger partial charge on any atom is -0.480 e. The minimum absolute atomic E-state index is 0.0430. The molecule has 0 atom stereocenters. The molecule has 164 valence electrons. The number of aromatic nitrogens is 1. The SMILES string of the molecule is O=C(O)COC1(c2ccncc2Br)CCC2(CC1)CN(C(=O)OCc1ccccc1)C2. The van der Waals surface area contributed by atoms with Gasteiger partial charge in [-0.15, -0.1) is 0 Å². The van der Waals surface area contributed by atoms with Gasteiger partial charge in [0, 0.05) is 40.9 Å². The number of halogens is 1. The zero-order chi connectivity index (χ0) is 21.9. The molecule has 2 aliphatic rings. The third-order valence-electron chi connectivity index (χ3n) is 6.37. The number of hydrogen-bond acceptors (Lipinski definition) is 5. The van der Waals surface area contributed by atoms with Gasteiger partial charge in [-0.05, 0) is 53.2 Å². The van der Waals surface area contributed by atoms with Crippen molar-refractivity contribution in [2.45, 2.75) is 37.9 Å². The standard InChI is InChI=1S/C23H25BrN2O5/c24-19-12-25-11-6-18(19)23(31-14-20(27)28)9-7-22(8-10-23)15-26(16-22)21(29)30-13-17-4-2-1-3-5-17/h1-6,11-12H,7-10,13-16H2,(H,27,28). The average molecular weight is 489 g/mol. The molecular formula is C23H25BrN2O5. The van der Waals surface area contributed by atoms with Crippen molar-refractivity contribution >= 4 is 28.0 Å². The minimum atomic E-state index is -0.985. The number of benzene rings is 1. The Kier molecular flexibility index (Phi) is 6.29. The van der Waals surface area contributed by atoms with E-state index in [-0.39, 0.29) is 24.7 Å². The molecular weight excluding hydrogens is 464 g/mol. The first kappa shape index (κ1) is 21.8. The summed E-state index contributed by atoms with van der Waals surface area (Å²) in [6, 6.07) is 11.5. The Balaban J connectivity index is 1.36. The number of carboxylic acids is 1. The van der Waals surface area contributed by atoms with E-state index in [1.54, 1.807) is 17.3 Å². The van der Waals surface area contributed by atoms with E-state index in [1.165, 1.54) is 0 Å². The van der Waals surface area contributed by atoms with Crippen LogP contribution in [0.4, 0.5) is 4.79 Å². The second-order valence-electron chi connectivity index (χ2n) is 8.43. The number of aliphatic carboxylic acids is 1. The van der Waals surface area contributed by atoms with Crippen LogP contribution >= 0.6 is 15.9 Å². The van der Waals surface area contributed by atoms with Crippen LogP contribution < -0.4 is 0 Å². The summed E-state index contributed by atoms with van der Waals surface area (Å²) >= 11 is 3.54. The lowest BCUT2D eigenvalue weighted by Crippen LogP contribution is -2.60. The van der Waals surface area contributed by atoms with Crippen molar-refractivity contribution in [1.82, 2.24) is 9.88 Å². The van der Waals surface area contributed by atoms with Crippen LogP contribution in [0.1, 0.15) is 36.8 Å². The molecule has 1 aromatic heterocycles. The highest BCUT2D eigenvalue weighted by molar-refractivity contribution is 9.10. The Hall–Kier alpha value is -2.45. The van der Waals surface area contributed by atoms with Gasteiger partial charge in [-0.3, -0.25) is 4.98 Å². The molecule has 4 rings (SSSR count). The van der Waals surface area contributed by atoms with E-state index in [4.69, 9.17) is 14.6 Å². The molecule has 2 aromatic rings. The zero-order valence-corrected chi connectivity index (χ0v) is 18.7. The fourth-order valence-corrected chi connectivity index (χ4v) is 5.25. The van der Waals surface area contributed by atoms with Crippen LogP contribution in [-0.2, 0) is 26.5 Å². The van der Waals surface area contributed by atoms with Crippen molar-refractivity contribution in [3.63, 3.8) is 0 Å². The maximum absolute atomic E-state index is 12.4. The molecule has 31 heavy (non-hydrogen) atoms. The average Bonchev–Trinajstić information content (AvgIpc) is 2.76. The Bertz CT molecular complexity index is 936. The van der Waals surface area contributed by atoms with Crippen LogP contribution in [0, 0.1) is 5.41 Å². The molecule has 1 spiro atoms. The molecule has 1 saturated carbocycles. The summed E-state index contributed by atoms with van der Waals surface area (Å²) in [5.41, 5.74) is 1.27. The summed E-state index contributed by atoms with van der Waals surface area (Å²) in [6.07, 6.45) is 6.20. The molecule has 8 heteroatoms. The molecule has 2 fully saturated rings. The predicted molar refractivity (Wildman–Crippen MR) is 116 cm³/mol. The second kappa shape index (κ2) is 8.96. The first-order valence-corrected chi connectivity index (χ1v) is 11.1. The maximum atomic E-state index is 12.4. The second-order valence-corrected chi connectivity index (χ2v) is 9.28. The lowest BCUT2D eigenvalue weighted by molar-refractivity contribution is -0.160. The summed E-state index contributed by atoms with van der Waals surface area (Å²) in [7, 11) is 0. The van der Waals surface area contributed by atoms with Crippen LogP contribution in [0.5, 0.6) is 0 Å². The topological polar surface area (TPSA) is 89.0 Å². The molecule has 0 radical (unpaired) electrons. The van der Waals surface area contributed by atoms with Gasteiger partial charge in [0.1, 0.15) is 13.2 Å². The van der Waals surface area contributed by atoms with Crippen molar-refractivity contribution < 1.29 is 24.2 Å². The number of carbonyl (C=O) groups is 2. The van der Waals surface area contributed by atoms with Crippen LogP contribution in [0.25, 0.3) is 0 Å². The first-order chi connectivity index (χ1) is 14.9. The molecule has 1 amide bonds. The summed E-state index contributed by atoms with van der Waals surface area (Å²) in [5, 5.41) is 9.16. The van der Waals surface area contributed by atoms with E-state index in [0.717, 1.165) is 28.4 Å². The van der Waals surface area contributed by atoms with Gasteiger partial charge in [-0.25, -0.2) is 9.59 Å². The molecule has 2 heterocycles. The number of carboxylic acid groups (broad SMARTS) is 1. The number of carbonyl (C=O) groups excluding carboxylic acids is 1. The molecule has 1 aliphatic carbocycles. The normalized spacial score (nSPS) is 18.9. The van der Waals surface area contributed by atoms with Crippen LogP contribution in [-0.4, -0.2) is 46.7 Å². The number of hydrogen-bond donors (Lipinski definition) is 1. The monoisotopic (exact) mass is 488 g/mol. The zero-order valence-electron chi connectivity index (χ0n) is 17.1. The number of ether oxygens (including phenoxy) is 2. The van der Waals surface area contributed by atoms with Crippen molar-refractivity contribution in [3.8, 4) is 0 Å². The van der Waals surface area contributed by atoms with Gasteiger partial charge in [-0.2, -0.15) is 0 Å². The quantitative estimate of drug-likeness (QED) is 0.649. The molecule has 0 unspecified atom stereocenters. The predicted octanol–water partition coefficient (Wildman–Crippen LogP) is 4.35. The summed E-state index contributed by atoms with van der Waals surface area (Å²) in [5.74, 6) is -0.985. The number of pyridine rings is 1. The molecule has 1 N–H and O–H groups in total. The van der Waals surface area contributed by atoms with Gasteiger partial charge >= 0.3 is 12.1 Å². The third-order valence-corrected chi connectivity index (χ3v) is 7.00. The summed E-state index contributed by atoms with van der Waals surface area (Å²) in [6.45, 7) is 1.24. The van der Waals surface area contributed by atoms with Crippen molar-refractivity contribution in [3.05, 3.63) is 64.4 Å². The Morgan fingerprint density at radius 3 is 2.45 bits per heavy atom.